The zero-order valence-electron chi connectivity index (χ0n) is 9.63. The van der Waals surface area contributed by atoms with Crippen molar-refractivity contribution in [3.8, 4) is 0 Å². The molecular weight excluding hydrogens is 194 g/mol. The van der Waals surface area contributed by atoms with Gasteiger partial charge in [-0.05, 0) is 39.3 Å². The molecule has 0 aromatic heterocycles. The molecule has 0 aliphatic heterocycles. The van der Waals surface area contributed by atoms with Gasteiger partial charge in [-0.3, -0.25) is 4.79 Å². The standard InChI is InChI=1S/C11H23NO3/c1-2-15-10-6-9-12-8-5-3-4-7-11(13)14/h12H,2-10H2,1H3,(H,13,14). The number of carbonyl (C=O) groups is 1. The largest absolute Gasteiger partial charge is 0.481 e. The predicted octanol–water partition coefficient (Wildman–Crippen LogP) is 1.65. The molecule has 4 heteroatoms. The Morgan fingerprint density at radius 2 is 1.93 bits per heavy atom. The number of ether oxygens (including phenoxy) is 1. The van der Waals surface area contributed by atoms with Crippen LogP contribution in [0.4, 0.5) is 0 Å². The first-order valence-electron chi connectivity index (χ1n) is 5.77. The first kappa shape index (κ1) is 14.4. The molecular formula is C11H23NO3. The van der Waals surface area contributed by atoms with Gasteiger partial charge >= 0.3 is 5.97 Å². The molecule has 0 rings (SSSR count). The molecule has 0 bridgehead atoms. The quantitative estimate of drug-likeness (QED) is 0.517. The van der Waals surface area contributed by atoms with Crippen molar-refractivity contribution >= 4 is 5.97 Å². The van der Waals surface area contributed by atoms with Crippen molar-refractivity contribution < 1.29 is 14.6 Å². The van der Waals surface area contributed by atoms with Crippen LogP contribution < -0.4 is 5.32 Å². The van der Waals surface area contributed by atoms with Gasteiger partial charge in [-0.25, -0.2) is 0 Å². The van der Waals surface area contributed by atoms with Crippen LogP contribution in [0, 0.1) is 0 Å². The molecule has 0 amide bonds. The number of carboxylic acids is 1. The molecule has 0 atom stereocenters. The normalized spacial score (nSPS) is 10.5. The number of hydrogen-bond donors (Lipinski definition) is 2. The van der Waals surface area contributed by atoms with Crippen molar-refractivity contribution in [2.75, 3.05) is 26.3 Å². The molecule has 0 heterocycles. The van der Waals surface area contributed by atoms with Crippen molar-refractivity contribution in [3.63, 3.8) is 0 Å². The summed E-state index contributed by atoms with van der Waals surface area (Å²) in [6.07, 6.45) is 4.18. The highest BCUT2D eigenvalue weighted by Crippen LogP contribution is 1.98. The minimum atomic E-state index is -0.695. The maximum Gasteiger partial charge on any atom is 0.303 e. The van der Waals surface area contributed by atoms with Gasteiger partial charge < -0.3 is 15.2 Å². The van der Waals surface area contributed by atoms with Crippen molar-refractivity contribution in [1.29, 1.82) is 0 Å². The van der Waals surface area contributed by atoms with E-state index in [2.05, 4.69) is 5.32 Å². The molecule has 0 saturated heterocycles. The molecule has 0 aromatic carbocycles. The Morgan fingerprint density at radius 3 is 2.60 bits per heavy atom. The third kappa shape index (κ3) is 13.4. The van der Waals surface area contributed by atoms with Crippen molar-refractivity contribution in [3.05, 3.63) is 0 Å². The minimum Gasteiger partial charge on any atom is -0.481 e. The van der Waals surface area contributed by atoms with E-state index in [1.807, 2.05) is 6.92 Å². The van der Waals surface area contributed by atoms with Crippen LogP contribution in [0.15, 0.2) is 0 Å². The number of aliphatic carboxylic acids is 1. The summed E-state index contributed by atoms with van der Waals surface area (Å²) < 4.78 is 5.20. The first-order chi connectivity index (χ1) is 7.27. The fourth-order valence-corrected chi connectivity index (χ4v) is 1.27. The van der Waals surface area contributed by atoms with Crippen molar-refractivity contribution in [2.45, 2.75) is 39.0 Å². The van der Waals surface area contributed by atoms with Crippen LogP contribution in [0.1, 0.15) is 39.0 Å². The van der Waals surface area contributed by atoms with E-state index in [1.165, 1.54) is 0 Å². The van der Waals surface area contributed by atoms with E-state index in [1.54, 1.807) is 0 Å². The van der Waals surface area contributed by atoms with Crippen LogP contribution in [0.2, 0.25) is 0 Å². The van der Waals surface area contributed by atoms with Gasteiger partial charge in [0.25, 0.3) is 0 Å². The SMILES string of the molecule is CCOCCCNCCCCCC(=O)O. The summed E-state index contributed by atoms with van der Waals surface area (Å²) in [7, 11) is 0. The minimum absolute atomic E-state index is 0.296. The Labute approximate surface area is 92.0 Å². The summed E-state index contributed by atoms with van der Waals surface area (Å²) in [4.78, 5) is 10.2. The fourth-order valence-electron chi connectivity index (χ4n) is 1.27. The molecule has 15 heavy (non-hydrogen) atoms. The van der Waals surface area contributed by atoms with E-state index in [0.29, 0.717) is 6.42 Å². The molecule has 0 saturated carbocycles. The highest BCUT2D eigenvalue weighted by molar-refractivity contribution is 5.66. The highest BCUT2D eigenvalue weighted by atomic mass is 16.5. The molecule has 0 fully saturated rings. The van der Waals surface area contributed by atoms with Gasteiger partial charge in [0.15, 0.2) is 0 Å². The van der Waals surface area contributed by atoms with Gasteiger partial charge in [0.05, 0.1) is 0 Å². The smallest absolute Gasteiger partial charge is 0.303 e. The zero-order chi connectivity index (χ0) is 11.4. The maximum absolute atomic E-state index is 10.2. The molecule has 0 aliphatic rings. The summed E-state index contributed by atoms with van der Waals surface area (Å²) in [6, 6.07) is 0. The number of rotatable bonds is 11. The second-order valence-electron chi connectivity index (χ2n) is 3.50. The Morgan fingerprint density at radius 1 is 1.20 bits per heavy atom. The summed E-state index contributed by atoms with van der Waals surface area (Å²) in [5.74, 6) is -0.695. The van der Waals surface area contributed by atoms with Crippen LogP contribution >= 0.6 is 0 Å². The van der Waals surface area contributed by atoms with Crippen molar-refractivity contribution in [2.24, 2.45) is 0 Å². The number of nitrogens with one attached hydrogen (secondary N) is 1. The molecule has 0 radical (unpaired) electrons. The highest BCUT2D eigenvalue weighted by Gasteiger charge is 1.95. The van der Waals surface area contributed by atoms with Crippen LogP contribution in [0.3, 0.4) is 0 Å². The van der Waals surface area contributed by atoms with Gasteiger partial charge in [-0.2, -0.15) is 0 Å². The monoisotopic (exact) mass is 217 g/mol. The molecule has 0 aliphatic carbocycles. The van der Waals surface area contributed by atoms with Crippen LogP contribution in [-0.2, 0) is 9.53 Å². The van der Waals surface area contributed by atoms with Crippen LogP contribution in [0.5, 0.6) is 0 Å². The number of carboxylic acid groups (broad SMARTS) is 1. The maximum atomic E-state index is 10.2. The predicted molar refractivity (Wildman–Crippen MR) is 60.1 cm³/mol. The van der Waals surface area contributed by atoms with Gasteiger partial charge in [0.2, 0.25) is 0 Å². The topological polar surface area (TPSA) is 58.6 Å². The summed E-state index contributed by atoms with van der Waals surface area (Å²) in [5.41, 5.74) is 0. The second kappa shape index (κ2) is 11.5. The molecule has 0 unspecified atom stereocenters. The van der Waals surface area contributed by atoms with Gasteiger partial charge in [0.1, 0.15) is 0 Å². The lowest BCUT2D eigenvalue weighted by molar-refractivity contribution is -0.137. The third-order valence-electron chi connectivity index (χ3n) is 2.09. The summed E-state index contributed by atoms with van der Waals surface area (Å²) in [5, 5.41) is 11.7. The van der Waals surface area contributed by atoms with Gasteiger partial charge in [-0.1, -0.05) is 6.42 Å². The average Bonchev–Trinajstić information content (AvgIpc) is 2.20. The second-order valence-corrected chi connectivity index (χ2v) is 3.50. The summed E-state index contributed by atoms with van der Waals surface area (Å²) in [6.45, 7) is 5.57. The molecule has 90 valence electrons. The van der Waals surface area contributed by atoms with E-state index in [-0.39, 0.29) is 0 Å². The third-order valence-corrected chi connectivity index (χ3v) is 2.09. The molecule has 2 N–H and O–H groups in total. The van der Waals surface area contributed by atoms with E-state index >= 15 is 0 Å². The number of hydrogen-bond acceptors (Lipinski definition) is 3. The van der Waals surface area contributed by atoms with E-state index in [4.69, 9.17) is 9.84 Å². The van der Waals surface area contributed by atoms with Crippen molar-refractivity contribution in [1.82, 2.24) is 5.32 Å². The Kier molecular flexibility index (Phi) is 11.0. The van der Waals surface area contributed by atoms with Crippen LogP contribution in [0.25, 0.3) is 0 Å². The summed E-state index contributed by atoms with van der Waals surface area (Å²) >= 11 is 0. The molecule has 0 aromatic rings. The molecule has 4 nitrogen and oxygen atoms in total. The molecule has 0 spiro atoms. The van der Waals surface area contributed by atoms with E-state index < -0.39 is 5.97 Å². The Hall–Kier alpha value is -0.610. The zero-order valence-corrected chi connectivity index (χ0v) is 9.63. The van der Waals surface area contributed by atoms with E-state index in [9.17, 15) is 4.79 Å². The van der Waals surface area contributed by atoms with Gasteiger partial charge in [-0.15, -0.1) is 0 Å². The lowest BCUT2D eigenvalue weighted by Crippen LogP contribution is -2.18. The average molecular weight is 217 g/mol. The van der Waals surface area contributed by atoms with Crippen LogP contribution in [-0.4, -0.2) is 37.4 Å². The fraction of sp³-hybridized carbons (Fsp3) is 0.909. The van der Waals surface area contributed by atoms with E-state index in [0.717, 1.165) is 52.0 Å². The lowest BCUT2D eigenvalue weighted by atomic mass is 10.2. The first-order valence-corrected chi connectivity index (χ1v) is 5.77. The number of unbranched alkanes of at least 4 members (excludes halogenated alkanes) is 2. The Bertz CT molecular complexity index is 151. The lowest BCUT2D eigenvalue weighted by Gasteiger charge is -2.04. The van der Waals surface area contributed by atoms with Gasteiger partial charge in [0, 0.05) is 19.6 Å². The Balaban J connectivity index is 2.89.